The Morgan fingerprint density at radius 2 is 1.83 bits per heavy atom. The Hall–Kier alpha value is -0.870. The Morgan fingerprint density at radius 3 is 2.33 bits per heavy atom. The largest absolute Gasteiger partial charge is 0.330 e. The van der Waals surface area contributed by atoms with E-state index in [2.05, 4.69) is 5.32 Å². The summed E-state index contributed by atoms with van der Waals surface area (Å²) in [5.41, 5.74) is 0.633. The van der Waals surface area contributed by atoms with E-state index >= 15 is 0 Å². The minimum absolute atomic E-state index is 0.0411. The molecule has 1 rings (SSSR count). The molecular formula is C11H15ClNO4P. The number of hydrogen-bond donors (Lipinski definition) is 1. The van der Waals surface area contributed by atoms with Crippen molar-refractivity contribution in [3.63, 3.8) is 0 Å². The Bertz CT molecular complexity index is 441. The molecule has 0 unspecified atom stereocenters. The number of hydrogen-bond acceptors (Lipinski definition) is 4. The van der Waals surface area contributed by atoms with Crippen LogP contribution in [0.15, 0.2) is 24.3 Å². The summed E-state index contributed by atoms with van der Waals surface area (Å²) in [6.45, 7) is 0. The summed E-state index contributed by atoms with van der Waals surface area (Å²) in [6.07, 6.45) is 0.0982. The molecule has 0 atom stereocenters. The van der Waals surface area contributed by atoms with Gasteiger partial charge in [-0.25, -0.2) is 0 Å². The van der Waals surface area contributed by atoms with Gasteiger partial charge in [-0.3, -0.25) is 9.36 Å². The molecule has 1 aromatic carbocycles. The number of amides is 1. The molecule has 0 fully saturated rings. The van der Waals surface area contributed by atoms with Gasteiger partial charge in [0.1, 0.15) is 0 Å². The molecule has 0 aliphatic carbocycles. The summed E-state index contributed by atoms with van der Waals surface area (Å²) in [5, 5.41) is 3.25. The zero-order chi connectivity index (χ0) is 13.6. The molecule has 1 aromatic rings. The lowest BCUT2D eigenvalue weighted by molar-refractivity contribution is -0.115. The van der Waals surface area contributed by atoms with Crippen molar-refractivity contribution in [1.82, 2.24) is 0 Å². The highest BCUT2D eigenvalue weighted by Gasteiger charge is 2.22. The number of anilines is 1. The molecule has 0 radical (unpaired) electrons. The molecule has 7 heteroatoms. The van der Waals surface area contributed by atoms with Crippen LogP contribution in [-0.2, 0) is 18.4 Å². The van der Waals surface area contributed by atoms with Gasteiger partial charge >= 0.3 is 7.60 Å². The van der Waals surface area contributed by atoms with E-state index in [1.807, 2.05) is 0 Å². The summed E-state index contributed by atoms with van der Waals surface area (Å²) in [7, 11) is -0.543. The Kier molecular flexibility index (Phi) is 5.82. The van der Waals surface area contributed by atoms with E-state index < -0.39 is 7.60 Å². The van der Waals surface area contributed by atoms with E-state index in [4.69, 9.17) is 20.6 Å². The lowest BCUT2D eigenvalue weighted by Gasteiger charge is -2.13. The van der Waals surface area contributed by atoms with Crippen molar-refractivity contribution in [3.05, 3.63) is 29.3 Å². The molecule has 0 saturated heterocycles. The maximum absolute atomic E-state index is 11.7. The SMILES string of the molecule is COP(=O)(CCC(=O)Nc1ccc(Cl)cc1)OC. The maximum Gasteiger partial charge on any atom is 0.330 e. The number of nitrogens with one attached hydrogen (secondary N) is 1. The number of carbonyl (C=O) groups is 1. The van der Waals surface area contributed by atoms with E-state index in [1.54, 1.807) is 24.3 Å². The van der Waals surface area contributed by atoms with Crippen molar-refractivity contribution < 1.29 is 18.4 Å². The van der Waals surface area contributed by atoms with Gasteiger partial charge in [0.25, 0.3) is 0 Å². The summed E-state index contributed by atoms with van der Waals surface area (Å²) in [5.74, 6) is -0.258. The van der Waals surface area contributed by atoms with E-state index in [0.29, 0.717) is 10.7 Å². The van der Waals surface area contributed by atoms with Crippen LogP contribution in [0.2, 0.25) is 5.02 Å². The highest BCUT2D eigenvalue weighted by atomic mass is 35.5. The van der Waals surface area contributed by atoms with Crippen LogP contribution in [0, 0.1) is 0 Å². The van der Waals surface area contributed by atoms with E-state index in [9.17, 15) is 9.36 Å². The molecule has 0 spiro atoms. The highest BCUT2D eigenvalue weighted by Crippen LogP contribution is 2.46. The van der Waals surface area contributed by atoms with Crippen molar-refractivity contribution in [2.75, 3.05) is 25.7 Å². The Morgan fingerprint density at radius 1 is 1.28 bits per heavy atom. The van der Waals surface area contributed by atoms with Gasteiger partial charge in [-0.05, 0) is 24.3 Å². The third-order valence-electron chi connectivity index (χ3n) is 2.30. The van der Waals surface area contributed by atoms with Gasteiger partial charge < -0.3 is 14.4 Å². The predicted octanol–water partition coefficient (Wildman–Crippen LogP) is 3.15. The van der Waals surface area contributed by atoms with E-state index in [1.165, 1.54) is 14.2 Å². The van der Waals surface area contributed by atoms with Crippen LogP contribution >= 0.6 is 19.2 Å². The number of rotatable bonds is 6. The third kappa shape index (κ3) is 4.78. The van der Waals surface area contributed by atoms with Crippen LogP contribution in [0.1, 0.15) is 6.42 Å². The van der Waals surface area contributed by atoms with Crippen molar-refractivity contribution in [3.8, 4) is 0 Å². The minimum Gasteiger partial charge on any atom is -0.326 e. The average Bonchev–Trinajstić information content (AvgIpc) is 2.39. The molecule has 0 aliphatic heterocycles. The molecule has 0 aliphatic rings. The third-order valence-corrected chi connectivity index (χ3v) is 4.43. The van der Waals surface area contributed by atoms with Crippen LogP contribution in [-0.4, -0.2) is 26.3 Å². The van der Waals surface area contributed by atoms with Gasteiger partial charge in [0.15, 0.2) is 0 Å². The molecule has 5 nitrogen and oxygen atoms in total. The molecule has 0 bridgehead atoms. The van der Waals surface area contributed by atoms with Crippen molar-refractivity contribution in [1.29, 1.82) is 0 Å². The molecule has 100 valence electrons. The lowest BCUT2D eigenvalue weighted by Crippen LogP contribution is -2.13. The first-order valence-electron chi connectivity index (χ1n) is 5.25. The van der Waals surface area contributed by atoms with Crippen LogP contribution in [0.3, 0.4) is 0 Å². The van der Waals surface area contributed by atoms with Gasteiger partial charge in [-0.15, -0.1) is 0 Å². The topological polar surface area (TPSA) is 64.6 Å². The molecule has 0 saturated carbocycles. The first kappa shape index (κ1) is 15.2. The Balaban J connectivity index is 2.47. The molecule has 1 amide bonds. The fourth-order valence-corrected chi connectivity index (χ4v) is 2.37. The van der Waals surface area contributed by atoms with Crippen LogP contribution in [0.5, 0.6) is 0 Å². The summed E-state index contributed by atoms with van der Waals surface area (Å²) in [4.78, 5) is 11.6. The van der Waals surface area contributed by atoms with Gasteiger partial charge in [0, 0.05) is 31.4 Å². The fourth-order valence-electron chi connectivity index (χ4n) is 1.25. The lowest BCUT2D eigenvalue weighted by atomic mass is 10.3. The standard InChI is InChI=1S/C11H15ClNO4P/c1-16-18(15,17-2)8-7-11(14)13-10-5-3-9(12)4-6-10/h3-6H,7-8H2,1-2H3,(H,13,14). The van der Waals surface area contributed by atoms with Gasteiger partial charge in [0.05, 0.1) is 6.16 Å². The fraction of sp³-hybridized carbons (Fsp3) is 0.364. The zero-order valence-corrected chi connectivity index (χ0v) is 11.8. The minimum atomic E-state index is -3.13. The Labute approximate surface area is 111 Å². The number of benzene rings is 1. The first-order valence-corrected chi connectivity index (χ1v) is 7.35. The average molecular weight is 292 g/mol. The highest BCUT2D eigenvalue weighted by molar-refractivity contribution is 7.53. The molecule has 18 heavy (non-hydrogen) atoms. The number of carbonyl (C=O) groups excluding carboxylic acids is 1. The second-order valence-electron chi connectivity index (χ2n) is 3.50. The number of halogens is 1. The monoisotopic (exact) mass is 291 g/mol. The normalized spacial score (nSPS) is 11.3. The van der Waals surface area contributed by atoms with Crippen molar-refractivity contribution in [2.24, 2.45) is 0 Å². The van der Waals surface area contributed by atoms with Gasteiger partial charge in [0.2, 0.25) is 5.91 Å². The summed E-state index contributed by atoms with van der Waals surface area (Å²) >= 11 is 5.72. The van der Waals surface area contributed by atoms with Crippen LogP contribution in [0.4, 0.5) is 5.69 Å². The van der Waals surface area contributed by atoms with Gasteiger partial charge in [-0.1, -0.05) is 11.6 Å². The second kappa shape index (κ2) is 6.90. The van der Waals surface area contributed by atoms with Crippen molar-refractivity contribution in [2.45, 2.75) is 6.42 Å². The smallest absolute Gasteiger partial charge is 0.326 e. The maximum atomic E-state index is 11.7. The molecular weight excluding hydrogens is 277 g/mol. The summed E-state index contributed by atoms with van der Waals surface area (Å²) in [6, 6.07) is 6.72. The summed E-state index contributed by atoms with van der Waals surface area (Å²) < 4.78 is 21.2. The first-order chi connectivity index (χ1) is 8.49. The van der Waals surface area contributed by atoms with E-state index in [-0.39, 0.29) is 18.5 Å². The molecule has 0 aromatic heterocycles. The van der Waals surface area contributed by atoms with Crippen LogP contribution < -0.4 is 5.32 Å². The predicted molar refractivity (Wildman–Crippen MR) is 71.2 cm³/mol. The van der Waals surface area contributed by atoms with Gasteiger partial charge in [-0.2, -0.15) is 0 Å². The molecule has 0 heterocycles. The van der Waals surface area contributed by atoms with E-state index in [0.717, 1.165) is 0 Å². The quantitative estimate of drug-likeness (QED) is 0.818. The van der Waals surface area contributed by atoms with Crippen molar-refractivity contribution >= 4 is 30.8 Å². The second-order valence-corrected chi connectivity index (χ2v) is 6.34. The van der Waals surface area contributed by atoms with Crippen LogP contribution in [0.25, 0.3) is 0 Å². The zero-order valence-electron chi connectivity index (χ0n) is 10.2. The molecule has 1 N–H and O–H groups in total.